The van der Waals surface area contributed by atoms with Gasteiger partial charge in [0.1, 0.15) is 0 Å². The third kappa shape index (κ3) is 5.42. The minimum Gasteiger partial charge on any atom is -0.310 e. The number of benzene rings is 9. The van der Waals surface area contributed by atoms with Crippen molar-refractivity contribution in [1.29, 1.82) is 0 Å². The van der Waals surface area contributed by atoms with Crippen molar-refractivity contribution in [1.82, 2.24) is 0 Å². The van der Waals surface area contributed by atoms with Gasteiger partial charge in [0, 0.05) is 31.5 Å². The van der Waals surface area contributed by atoms with Crippen molar-refractivity contribution < 1.29 is 0 Å². The fourth-order valence-electron chi connectivity index (χ4n) is 7.60. The molecule has 0 saturated carbocycles. The monoisotopic (exact) mass is 679 g/mol. The van der Waals surface area contributed by atoms with Crippen LogP contribution < -0.4 is 4.90 Å². The van der Waals surface area contributed by atoms with Crippen molar-refractivity contribution in [3.05, 3.63) is 200 Å². The Labute approximate surface area is 307 Å². The highest BCUT2D eigenvalue weighted by Gasteiger charge is 2.19. The lowest BCUT2D eigenvalue weighted by molar-refractivity contribution is 1.30. The van der Waals surface area contributed by atoms with E-state index in [1.54, 1.807) is 0 Å². The molecule has 1 nitrogen and oxygen atoms in total. The summed E-state index contributed by atoms with van der Waals surface area (Å²) in [4.78, 5) is 2.42. The van der Waals surface area contributed by atoms with E-state index in [0.29, 0.717) is 0 Å². The first-order valence-electron chi connectivity index (χ1n) is 17.7. The summed E-state index contributed by atoms with van der Waals surface area (Å²) < 4.78 is 2.59. The molecule has 2 heteroatoms. The first-order valence-corrected chi connectivity index (χ1v) is 18.6. The lowest BCUT2D eigenvalue weighted by Crippen LogP contribution is -2.10. The van der Waals surface area contributed by atoms with Gasteiger partial charge in [-0.15, -0.1) is 11.3 Å². The Hall–Kier alpha value is -6.48. The Morgan fingerprint density at radius 2 is 0.846 bits per heavy atom. The molecule has 0 amide bonds. The van der Waals surface area contributed by atoms with Gasteiger partial charge in [-0.25, -0.2) is 0 Å². The van der Waals surface area contributed by atoms with Crippen LogP contribution in [0, 0.1) is 0 Å². The Morgan fingerprint density at radius 1 is 0.308 bits per heavy atom. The van der Waals surface area contributed by atoms with Crippen LogP contribution in [-0.4, -0.2) is 0 Å². The van der Waals surface area contributed by atoms with E-state index in [0.717, 1.165) is 11.4 Å². The molecule has 244 valence electrons. The predicted molar refractivity (Wildman–Crippen MR) is 225 cm³/mol. The van der Waals surface area contributed by atoms with Crippen molar-refractivity contribution in [2.75, 3.05) is 4.90 Å². The van der Waals surface area contributed by atoms with Gasteiger partial charge in [-0.3, -0.25) is 0 Å². The molecule has 0 aliphatic rings. The van der Waals surface area contributed by atoms with Crippen molar-refractivity contribution >= 4 is 70.1 Å². The Bertz CT molecular complexity index is 2900. The summed E-state index contributed by atoms with van der Waals surface area (Å²) in [5.74, 6) is 0. The minimum absolute atomic E-state index is 1.12. The van der Waals surface area contributed by atoms with Crippen molar-refractivity contribution in [3.63, 3.8) is 0 Å². The highest BCUT2D eigenvalue weighted by atomic mass is 32.1. The maximum atomic E-state index is 2.42. The van der Waals surface area contributed by atoms with Gasteiger partial charge in [0.05, 0.1) is 5.69 Å². The van der Waals surface area contributed by atoms with E-state index in [4.69, 9.17) is 0 Å². The van der Waals surface area contributed by atoms with Gasteiger partial charge in [-0.05, 0) is 116 Å². The lowest BCUT2D eigenvalue weighted by atomic mass is 9.96. The van der Waals surface area contributed by atoms with Gasteiger partial charge in [0.2, 0.25) is 0 Å². The summed E-state index contributed by atoms with van der Waals surface area (Å²) in [6.07, 6.45) is 0. The van der Waals surface area contributed by atoms with E-state index in [2.05, 4.69) is 205 Å². The second-order valence-corrected chi connectivity index (χ2v) is 14.5. The normalized spacial score (nSPS) is 11.5. The van der Waals surface area contributed by atoms with E-state index >= 15 is 0 Å². The molecule has 0 unspecified atom stereocenters. The molecule has 9 aromatic carbocycles. The topological polar surface area (TPSA) is 3.24 Å². The summed E-state index contributed by atoms with van der Waals surface area (Å²) in [6, 6.07) is 73.0. The number of hydrogen-bond acceptors (Lipinski definition) is 2. The van der Waals surface area contributed by atoms with Crippen LogP contribution >= 0.6 is 11.3 Å². The summed E-state index contributed by atoms with van der Waals surface area (Å²) in [5, 5.41) is 7.58. The number of fused-ring (bicyclic) bond motifs is 5. The molecule has 0 saturated heterocycles. The second-order valence-electron chi connectivity index (χ2n) is 13.4. The van der Waals surface area contributed by atoms with Crippen LogP contribution in [0.1, 0.15) is 0 Å². The standard InChI is InChI=1S/C50H33NS/c1-2-10-34(11-3-1)39-14-8-15-45(33-39)51(47-17-9-19-49-50(47)46-16-6-7-18-48(46)52-49)44-28-26-36(27-29-44)40-23-21-37-22-25-42(32-43(37)31-40)41-24-20-35-12-4-5-13-38(35)30-41/h1-33H. The van der Waals surface area contributed by atoms with Crippen LogP contribution in [0.5, 0.6) is 0 Å². The Kier molecular flexibility index (Phi) is 7.41. The molecule has 1 aromatic heterocycles. The summed E-state index contributed by atoms with van der Waals surface area (Å²) >= 11 is 1.86. The van der Waals surface area contributed by atoms with Crippen molar-refractivity contribution in [2.45, 2.75) is 0 Å². The van der Waals surface area contributed by atoms with E-state index in [-0.39, 0.29) is 0 Å². The first kappa shape index (κ1) is 30.4. The molecular formula is C50H33NS. The zero-order valence-electron chi connectivity index (χ0n) is 28.4. The number of rotatable bonds is 6. The van der Waals surface area contributed by atoms with E-state index in [1.807, 2.05) is 11.3 Å². The maximum absolute atomic E-state index is 2.42. The van der Waals surface area contributed by atoms with Gasteiger partial charge in [-0.2, -0.15) is 0 Å². The van der Waals surface area contributed by atoms with E-state index in [1.165, 1.54) is 80.8 Å². The largest absolute Gasteiger partial charge is 0.310 e. The zero-order valence-corrected chi connectivity index (χ0v) is 29.2. The zero-order chi connectivity index (χ0) is 34.4. The third-order valence-electron chi connectivity index (χ3n) is 10.2. The smallest absolute Gasteiger partial charge is 0.0554 e. The molecule has 10 rings (SSSR count). The molecule has 0 radical (unpaired) electrons. The van der Waals surface area contributed by atoms with Gasteiger partial charge in [-0.1, -0.05) is 140 Å². The van der Waals surface area contributed by atoms with Crippen LogP contribution in [0.3, 0.4) is 0 Å². The molecule has 0 N–H and O–H groups in total. The van der Waals surface area contributed by atoms with E-state index in [9.17, 15) is 0 Å². The molecule has 10 aromatic rings. The summed E-state index contributed by atoms with van der Waals surface area (Å²) in [5.41, 5.74) is 10.7. The van der Waals surface area contributed by atoms with Crippen LogP contribution in [0.15, 0.2) is 200 Å². The fourth-order valence-corrected chi connectivity index (χ4v) is 8.73. The number of nitrogens with zero attached hydrogens (tertiary/aromatic N) is 1. The molecule has 0 atom stereocenters. The first-order chi connectivity index (χ1) is 25.7. The summed E-state index contributed by atoms with van der Waals surface area (Å²) in [7, 11) is 0. The van der Waals surface area contributed by atoms with Crippen LogP contribution in [0.25, 0.3) is 75.1 Å². The quantitative estimate of drug-likeness (QED) is 0.169. The summed E-state index contributed by atoms with van der Waals surface area (Å²) in [6.45, 7) is 0. The van der Waals surface area contributed by atoms with Crippen LogP contribution in [0.2, 0.25) is 0 Å². The molecule has 52 heavy (non-hydrogen) atoms. The minimum atomic E-state index is 1.12. The predicted octanol–water partition coefficient (Wildman–Crippen LogP) is 14.8. The second kappa shape index (κ2) is 12.7. The van der Waals surface area contributed by atoms with Crippen molar-refractivity contribution in [2.24, 2.45) is 0 Å². The molecule has 1 heterocycles. The molecule has 0 fully saturated rings. The average molecular weight is 680 g/mol. The highest BCUT2D eigenvalue weighted by Crippen LogP contribution is 2.45. The average Bonchev–Trinajstić information content (AvgIpc) is 3.61. The number of anilines is 3. The molecule has 0 aliphatic carbocycles. The van der Waals surface area contributed by atoms with Gasteiger partial charge >= 0.3 is 0 Å². The Morgan fingerprint density at radius 3 is 1.63 bits per heavy atom. The molecule has 0 spiro atoms. The van der Waals surface area contributed by atoms with Crippen LogP contribution in [-0.2, 0) is 0 Å². The Balaban J connectivity index is 1.07. The van der Waals surface area contributed by atoms with E-state index < -0.39 is 0 Å². The number of thiophene rings is 1. The molecular weight excluding hydrogens is 647 g/mol. The van der Waals surface area contributed by atoms with Gasteiger partial charge < -0.3 is 4.90 Å². The van der Waals surface area contributed by atoms with Crippen LogP contribution in [0.4, 0.5) is 17.1 Å². The SMILES string of the molecule is c1ccc(-c2cccc(N(c3ccc(-c4ccc5ccc(-c6ccc7ccccc7c6)cc5c4)cc3)c3cccc4sc5ccccc5c34)c2)cc1. The maximum Gasteiger partial charge on any atom is 0.0554 e. The van der Waals surface area contributed by atoms with Gasteiger partial charge in [0.25, 0.3) is 0 Å². The van der Waals surface area contributed by atoms with Crippen molar-refractivity contribution in [3.8, 4) is 33.4 Å². The number of hydrogen-bond donors (Lipinski definition) is 0. The molecule has 0 bridgehead atoms. The van der Waals surface area contributed by atoms with Gasteiger partial charge in [0.15, 0.2) is 0 Å². The third-order valence-corrected chi connectivity index (χ3v) is 11.4. The highest BCUT2D eigenvalue weighted by molar-refractivity contribution is 7.26. The lowest BCUT2D eigenvalue weighted by Gasteiger charge is -2.27. The fraction of sp³-hybridized carbons (Fsp3) is 0. The molecule has 0 aliphatic heterocycles.